The van der Waals surface area contributed by atoms with Crippen LogP contribution in [-0.4, -0.2) is 48.4 Å². The summed E-state index contributed by atoms with van der Waals surface area (Å²) in [7, 11) is 0. The fraction of sp³-hybridized carbons (Fsp3) is 0.714. The minimum Gasteiger partial charge on any atom is -0.377 e. The van der Waals surface area contributed by atoms with Crippen molar-refractivity contribution in [2.24, 2.45) is 0 Å². The van der Waals surface area contributed by atoms with Crippen LogP contribution in [0.1, 0.15) is 25.2 Å². The molecule has 5 heteroatoms. The zero-order valence-corrected chi connectivity index (χ0v) is 12.3. The first-order chi connectivity index (χ1) is 9.08. The van der Waals surface area contributed by atoms with E-state index in [0.717, 1.165) is 43.5 Å². The summed E-state index contributed by atoms with van der Waals surface area (Å²) in [6.07, 6.45) is 1.87. The number of aromatic nitrogens is 2. The Bertz CT molecular complexity index is 422. The van der Waals surface area contributed by atoms with Gasteiger partial charge in [0.25, 0.3) is 0 Å². The van der Waals surface area contributed by atoms with Crippen LogP contribution in [0, 0.1) is 13.8 Å². The lowest BCUT2D eigenvalue weighted by Crippen LogP contribution is -2.51. The summed E-state index contributed by atoms with van der Waals surface area (Å²) in [5.74, 6) is 0.960. The molecule has 106 valence electrons. The van der Waals surface area contributed by atoms with Gasteiger partial charge in [-0.3, -0.25) is 4.98 Å². The molecule has 1 unspecified atom stereocenters. The molecule has 0 saturated carbocycles. The van der Waals surface area contributed by atoms with E-state index in [2.05, 4.69) is 34.0 Å². The second kappa shape index (κ2) is 6.30. The van der Waals surface area contributed by atoms with Crippen molar-refractivity contribution in [2.75, 3.05) is 31.2 Å². The molecule has 2 rings (SSSR count). The first-order valence-corrected chi connectivity index (χ1v) is 6.96. The Hall–Kier alpha value is -1.20. The molecule has 1 aliphatic heterocycles. The van der Waals surface area contributed by atoms with Crippen LogP contribution in [0.4, 0.5) is 5.82 Å². The van der Waals surface area contributed by atoms with Gasteiger partial charge in [-0.05, 0) is 13.8 Å². The number of ether oxygens (including phenoxy) is 1. The summed E-state index contributed by atoms with van der Waals surface area (Å²) >= 11 is 0. The molecule has 0 aromatic carbocycles. The smallest absolute Gasteiger partial charge is 0.147 e. The number of hydrogen-bond acceptors (Lipinski definition) is 5. The van der Waals surface area contributed by atoms with Gasteiger partial charge in [0, 0.05) is 19.1 Å². The highest BCUT2D eigenvalue weighted by Gasteiger charge is 2.24. The maximum Gasteiger partial charge on any atom is 0.147 e. The highest BCUT2D eigenvalue weighted by atomic mass is 16.5. The third-order valence-electron chi connectivity index (χ3n) is 3.46. The average Bonchev–Trinajstić information content (AvgIpc) is 2.40. The Morgan fingerprint density at radius 1 is 1.42 bits per heavy atom. The number of anilines is 1. The third kappa shape index (κ3) is 3.64. The molecule has 19 heavy (non-hydrogen) atoms. The fourth-order valence-corrected chi connectivity index (χ4v) is 2.17. The van der Waals surface area contributed by atoms with E-state index in [9.17, 15) is 0 Å². The van der Waals surface area contributed by atoms with E-state index < -0.39 is 0 Å². The Labute approximate surface area is 115 Å². The van der Waals surface area contributed by atoms with Crippen molar-refractivity contribution >= 4 is 5.82 Å². The predicted octanol–water partition coefficient (Wildman–Crippen LogP) is 1.30. The molecule has 0 spiro atoms. The molecule has 1 atom stereocenters. The molecule has 0 aliphatic carbocycles. The second-order valence-corrected chi connectivity index (χ2v) is 5.38. The minimum absolute atomic E-state index is 0.326. The first kappa shape index (κ1) is 14.2. The Kier molecular flexibility index (Phi) is 4.71. The Morgan fingerprint density at radius 3 is 2.89 bits per heavy atom. The summed E-state index contributed by atoms with van der Waals surface area (Å²) < 4.78 is 5.59. The lowest BCUT2D eigenvalue weighted by Gasteiger charge is -2.37. The molecule has 1 fully saturated rings. The largest absolute Gasteiger partial charge is 0.377 e. The van der Waals surface area contributed by atoms with Crippen LogP contribution in [-0.2, 0) is 4.74 Å². The number of nitrogens with zero attached hydrogens (tertiary/aromatic N) is 3. The van der Waals surface area contributed by atoms with Crippen molar-refractivity contribution in [3.8, 4) is 0 Å². The highest BCUT2D eigenvalue weighted by molar-refractivity contribution is 5.39. The van der Waals surface area contributed by atoms with Crippen molar-refractivity contribution in [3.05, 3.63) is 17.6 Å². The van der Waals surface area contributed by atoms with Crippen molar-refractivity contribution in [2.45, 2.75) is 39.8 Å². The van der Waals surface area contributed by atoms with Gasteiger partial charge in [0.1, 0.15) is 5.82 Å². The van der Waals surface area contributed by atoms with Crippen LogP contribution in [0.3, 0.4) is 0 Å². The van der Waals surface area contributed by atoms with Crippen LogP contribution >= 0.6 is 0 Å². The lowest BCUT2D eigenvalue weighted by atomic mass is 10.2. The maximum absolute atomic E-state index is 5.59. The SMILES string of the molecule is Cc1ncc(N2CCOCC2CNC(C)C)nc1C. The van der Waals surface area contributed by atoms with E-state index >= 15 is 0 Å². The summed E-state index contributed by atoms with van der Waals surface area (Å²) in [6.45, 7) is 11.6. The first-order valence-electron chi connectivity index (χ1n) is 6.96. The van der Waals surface area contributed by atoms with Crippen molar-refractivity contribution < 1.29 is 4.74 Å². The normalized spacial score (nSPS) is 20.1. The average molecular weight is 264 g/mol. The fourth-order valence-electron chi connectivity index (χ4n) is 2.17. The van der Waals surface area contributed by atoms with Crippen LogP contribution in [0.5, 0.6) is 0 Å². The van der Waals surface area contributed by atoms with Gasteiger partial charge in [-0.2, -0.15) is 0 Å². The standard InChI is InChI=1S/C14H24N4O/c1-10(2)15-7-13-9-19-6-5-18(13)14-8-16-11(3)12(4)17-14/h8,10,13,15H,5-7,9H2,1-4H3. The van der Waals surface area contributed by atoms with Gasteiger partial charge in [0.2, 0.25) is 0 Å². The Morgan fingerprint density at radius 2 is 2.21 bits per heavy atom. The molecule has 1 aromatic rings. The van der Waals surface area contributed by atoms with Crippen molar-refractivity contribution in [1.82, 2.24) is 15.3 Å². The van der Waals surface area contributed by atoms with Gasteiger partial charge in [-0.25, -0.2) is 4.98 Å². The summed E-state index contributed by atoms with van der Waals surface area (Å²) in [5.41, 5.74) is 1.99. The molecule has 5 nitrogen and oxygen atoms in total. The number of aryl methyl sites for hydroxylation is 2. The van der Waals surface area contributed by atoms with Crippen molar-refractivity contribution in [1.29, 1.82) is 0 Å². The zero-order chi connectivity index (χ0) is 13.8. The third-order valence-corrected chi connectivity index (χ3v) is 3.46. The van der Waals surface area contributed by atoms with Gasteiger partial charge in [0.15, 0.2) is 0 Å². The topological polar surface area (TPSA) is 50.3 Å². The molecule has 0 radical (unpaired) electrons. The van der Waals surface area contributed by atoms with Gasteiger partial charge in [-0.1, -0.05) is 13.8 Å². The molecular weight excluding hydrogens is 240 g/mol. The monoisotopic (exact) mass is 264 g/mol. The van der Waals surface area contributed by atoms with E-state index in [1.54, 1.807) is 0 Å². The second-order valence-electron chi connectivity index (χ2n) is 5.38. The molecular formula is C14H24N4O. The van der Waals surface area contributed by atoms with Gasteiger partial charge in [0.05, 0.1) is 36.8 Å². The molecule has 0 amide bonds. The van der Waals surface area contributed by atoms with Crippen LogP contribution in [0.25, 0.3) is 0 Å². The van der Waals surface area contributed by atoms with Crippen LogP contribution < -0.4 is 10.2 Å². The minimum atomic E-state index is 0.326. The number of hydrogen-bond donors (Lipinski definition) is 1. The summed E-state index contributed by atoms with van der Waals surface area (Å²) in [5, 5.41) is 3.47. The zero-order valence-electron chi connectivity index (χ0n) is 12.3. The van der Waals surface area contributed by atoms with Gasteiger partial charge < -0.3 is 15.0 Å². The van der Waals surface area contributed by atoms with E-state index in [1.807, 2.05) is 20.0 Å². The van der Waals surface area contributed by atoms with E-state index in [4.69, 9.17) is 4.74 Å². The van der Waals surface area contributed by atoms with Crippen LogP contribution in [0.2, 0.25) is 0 Å². The molecule has 1 saturated heterocycles. The van der Waals surface area contributed by atoms with Gasteiger partial charge >= 0.3 is 0 Å². The highest BCUT2D eigenvalue weighted by Crippen LogP contribution is 2.17. The van der Waals surface area contributed by atoms with Gasteiger partial charge in [-0.15, -0.1) is 0 Å². The quantitative estimate of drug-likeness (QED) is 0.888. The molecule has 2 heterocycles. The number of morpholine rings is 1. The molecule has 1 aromatic heterocycles. The predicted molar refractivity (Wildman–Crippen MR) is 76.6 cm³/mol. The molecule has 0 bridgehead atoms. The Balaban J connectivity index is 2.11. The van der Waals surface area contributed by atoms with Crippen LogP contribution in [0.15, 0.2) is 6.20 Å². The number of rotatable bonds is 4. The maximum atomic E-state index is 5.59. The molecule has 1 aliphatic rings. The molecule has 1 N–H and O–H groups in total. The van der Waals surface area contributed by atoms with E-state index in [1.165, 1.54) is 0 Å². The van der Waals surface area contributed by atoms with Crippen molar-refractivity contribution in [3.63, 3.8) is 0 Å². The summed E-state index contributed by atoms with van der Waals surface area (Å²) in [6, 6.07) is 0.808. The summed E-state index contributed by atoms with van der Waals surface area (Å²) in [4.78, 5) is 11.4. The van der Waals surface area contributed by atoms with E-state index in [-0.39, 0.29) is 0 Å². The van der Waals surface area contributed by atoms with E-state index in [0.29, 0.717) is 12.1 Å². The lowest BCUT2D eigenvalue weighted by molar-refractivity contribution is 0.0927. The number of nitrogens with one attached hydrogen (secondary N) is 1.